The number of aromatic nitrogens is 2. The number of aryl methyl sites for hydroxylation is 1. The van der Waals surface area contributed by atoms with E-state index in [9.17, 15) is 4.79 Å². The van der Waals surface area contributed by atoms with Crippen molar-refractivity contribution in [3.05, 3.63) is 53.1 Å². The van der Waals surface area contributed by atoms with Crippen LogP contribution in [0.4, 0.5) is 5.69 Å². The van der Waals surface area contributed by atoms with Gasteiger partial charge in [-0.05, 0) is 25.1 Å². The van der Waals surface area contributed by atoms with Crippen molar-refractivity contribution in [1.29, 1.82) is 0 Å². The van der Waals surface area contributed by atoms with Crippen LogP contribution in [0, 0.1) is 6.92 Å². The van der Waals surface area contributed by atoms with Crippen LogP contribution in [-0.2, 0) is 0 Å². The molecule has 0 radical (unpaired) electrons. The zero-order chi connectivity index (χ0) is 12.3. The molecule has 0 aliphatic rings. The summed E-state index contributed by atoms with van der Waals surface area (Å²) in [5.41, 5.74) is 1.67. The Kier molecular flexibility index (Phi) is 3.35. The molecule has 4 nitrogen and oxygen atoms in total. The second kappa shape index (κ2) is 4.93. The van der Waals surface area contributed by atoms with E-state index in [1.807, 2.05) is 6.92 Å². The van der Waals surface area contributed by atoms with E-state index >= 15 is 0 Å². The molecule has 1 heterocycles. The van der Waals surface area contributed by atoms with E-state index in [1.165, 1.54) is 6.20 Å². The van der Waals surface area contributed by atoms with Gasteiger partial charge in [0.05, 0.1) is 11.9 Å². The summed E-state index contributed by atoms with van der Waals surface area (Å²) >= 11 is 5.82. The molecule has 0 aliphatic heterocycles. The first kappa shape index (κ1) is 11.5. The Labute approximate surface area is 104 Å². The third-order valence-corrected chi connectivity index (χ3v) is 2.33. The summed E-state index contributed by atoms with van der Waals surface area (Å²) in [6, 6.07) is 6.92. The van der Waals surface area contributed by atoms with Gasteiger partial charge < -0.3 is 5.32 Å². The molecule has 0 bridgehead atoms. The van der Waals surface area contributed by atoms with Crippen LogP contribution in [0.3, 0.4) is 0 Å². The highest BCUT2D eigenvalue weighted by Gasteiger charge is 2.07. The molecule has 0 spiro atoms. The quantitative estimate of drug-likeness (QED) is 0.888. The monoisotopic (exact) mass is 247 g/mol. The topological polar surface area (TPSA) is 54.9 Å². The average Bonchev–Trinajstić information content (AvgIpc) is 2.29. The molecule has 0 aliphatic carbocycles. The molecule has 5 heteroatoms. The first-order valence-electron chi connectivity index (χ1n) is 5.01. The molecule has 0 saturated carbocycles. The Balaban J connectivity index is 2.14. The number of nitrogens with one attached hydrogen (secondary N) is 1. The number of hydrogen-bond acceptors (Lipinski definition) is 3. The van der Waals surface area contributed by atoms with Crippen molar-refractivity contribution in [3.63, 3.8) is 0 Å². The number of hydrogen-bond donors (Lipinski definition) is 1. The second-order valence-electron chi connectivity index (χ2n) is 3.51. The summed E-state index contributed by atoms with van der Waals surface area (Å²) in [4.78, 5) is 19.8. The summed E-state index contributed by atoms with van der Waals surface area (Å²) in [7, 11) is 0. The summed E-state index contributed by atoms with van der Waals surface area (Å²) in [6.45, 7) is 1.81. The lowest BCUT2D eigenvalue weighted by atomic mass is 10.3. The van der Waals surface area contributed by atoms with E-state index in [-0.39, 0.29) is 11.6 Å². The van der Waals surface area contributed by atoms with E-state index in [4.69, 9.17) is 11.6 Å². The molecule has 1 aromatic heterocycles. The summed E-state index contributed by atoms with van der Waals surface area (Å²) in [5, 5.41) is 3.26. The molecule has 0 fully saturated rings. The van der Waals surface area contributed by atoms with Gasteiger partial charge in [0.2, 0.25) is 0 Å². The molecule has 2 aromatic rings. The number of amides is 1. The maximum absolute atomic E-state index is 11.8. The molecule has 0 atom stereocenters. The molecule has 1 aromatic carbocycles. The number of carbonyl (C=O) groups is 1. The van der Waals surface area contributed by atoms with Crippen molar-refractivity contribution in [2.24, 2.45) is 0 Å². The van der Waals surface area contributed by atoms with Gasteiger partial charge in [-0.15, -0.1) is 0 Å². The fraction of sp³-hybridized carbons (Fsp3) is 0.0833. The Morgan fingerprint density at radius 2 is 2.12 bits per heavy atom. The highest BCUT2D eigenvalue weighted by Crippen LogP contribution is 2.15. The standard InChI is InChI=1S/C12H10ClN3O/c1-8-6-15-11(7-14-8)12(17)16-10-4-2-3-9(13)5-10/h2-7H,1H3,(H,16,17). The van der Waals surface area contributed by atoms with Gasteiger partial charge in [-0.1, -0.05) is 17.7 Å². The van der Waals surface area contributed by atoms with Crippen molar-refractivity contribution in [2.75, 3.05) is 5.32 Å². The van der Waals surface area contributed by atoms with Crippen LogP contribution in [0.15, 0.2) is 36.7 Å². The van der Waals surface area contributed by atoms with E-state index < -0.39 is 0 Å². The van der Waals surface area contributed by atoms with Crippen LogP contribution >= 0.6 is 11.6 Å². The molecule has 0 saturated heterocycles. The largest absolute Gasteiger partial charge is 0.321 e. The van der Waals surface area contributed by atoms with Gasteiger partial charge >= 0.3 is 0 Å². The van der Waals surface area contributed by atoms with Crippen molar-refractivity contribution in [3.8, 4) is 0 Å². The van der Waals surface area contributed by atoms with Gasteiger partial charge in [-0.25, -0.2) is 4.98 Å². The lowest BCUT2D eigenvalue weighted by Crippen LogP contribution is -2.14. The fourth-order valence-electron chi connectivity index (χ4n) is 1.27. The molecule has 1 N–H and O–H groups in total. The summed E-state index contributed by atoms with van der Waals surface area (Å²) in [5.74, 6) is -0.306. The van der Waals surface area contributed by atoms with Gasteiger partial charge in [0, 0.05) is 16.9 Å². The molecule has 17 heavy (non-hydrogen) atoms. The lowest BCUT2D eigenvalue weighted by molar-refractivity contribution is 0.102. The zero-order valence-electron chi connectivity index (χ0n) is 9.14. The Hall–Kier alpha value is -1.94. The average molecular weight is 248 g/mol. The van der Waals surface area contributed by atoms with E-state index in [0.29, 0.717) is 10.7 Å². The zero-order valence-corrected chi connectivity index (χ0v) is 9.90. The van der Waals surface area contributed by atoms with Crippen LogP contribution in [0.1, 0.15) is 16.2 Å². The van der Waals surface area contributed by atoms with Crippen LogP contribution in [0.5, 0.6) is 0 Å². The minimum absolute atomic E-state index is 0.274. The maximum Gasteiger partial charge on any atom is 0.275 e. The second-order valence-corrected chi connectivity index (χ2v) is 3.94. The highest BCUT2D eigenvalue weighted by molar-refractivity contribution is 6.30. The Morgan fingerprint density at radius 1 is 1.29 bits per heavy atom. The van der Waals surface area contributed by atoms with E-state index in [1.54, 1.807) is 30.5 Å². The van der Waals surface area contributed by atoms with Gasteiger partial charge in [0.25, 0.3) is 5.91 Å². The van der Waals surface area contributed by atoms with Gasteiger partial charge in [-0.2, -0.15) is 0 Å². The van der Waals surface area contributed by atoms with Gasteiger partial charge in [0.1, 0.15) is 5.69 Å². The number of anilines is 1. The predicted octanol–water partition coefficient (Wildman–Crippen LogP) is 2.69. The number of rotatable bonds is 2. The third kappa shape index (κ3) is 3.01. The lowest BCUT2D eigenvalue weighted by Gasteiger charge is -2.04. The van der Waals surface area contributed by atoms with E-state index in [2.05, 4.69) is 15.3 Å². The molecule has 86 valence electrons. The number of benzene rings is 1. The van der Waals surface area contributed by atoms with Crippen molar-refractivity contribution in [1.82, 2.24) is 9.97 Å². The van der Waals surface area contributed by atoms with Crippen molar-refractivity contribution < 1.29 is 4.79 Å². The number of halogens is 1. The Bertz CT molecular complexity index is 540. The summed E-state index contributed by atoms with van der Waals surface area (Å²) in [6.07, 6.45) is 2.99. The van der Waals surface area contributed by atoms with Crippen LogP contribution in [0.25, 0.3) is 0 Å². The minimum atomic E-state index is -0.306. The van der Waals surface area contributed by atoms with Crippen molar-refractivity contribution >= 4 is 23.2 Å². The Morgan fingerprint density at radius 3 is 2.76 bits per heavy atom. The van der Waals surface area contributed by atoms with Crippen LogP contribution in [-0.4, -0.2) is 15.9 Å². The van der Waals surface area contributed by atoms with E-state index in [0.717, 1.165) is 5.69 Å². The molecule has 2 rings (SSSR count). The molecular formula is C12H10ClN3O. The summed E-state index contributed by atoms with van der Waals surface area (Å²) < 4.78 is 0. The predicted molar refractivity (Wildman–Crippen MR) is 66.2 cm³/mol. The maximum atomic E-state index is 11.8. The first-order chi connectivity index (χ1) is 8.15. The minimum Gasteiger partial charge on any atom is -0.321 e. The van der Waals surface area contributed by atoms with Crippen molar-refractivity contribution in [2.45, 2.75) is 6.92 Å². The molecular weight excluding hydrogens is 238 g/mol. The highest BCUT2D eigenvalue weighted by atomic mass is 35.5. The third-order valence-electron chi connectivity index (χ3n) is 2.10. The van der Waals surface area contributed by atoms with Gasteiger partial charge in [0.15, 0.2) is 0 Å². The SMILES string of the molecule is Cc1cnc(C(=O)Nc2cccc(Cl)c2)cn1. The fourth-order valence-corrected chi connectivity index (χ4v) is 1.46. The van der Waals surface area contributed by atoms with Gasteiger partial charge in [-0.3, -0.25) is 9.78 Å². The smallest absolute Gasteiger partial charge is 0.275 e. The number of nitrogens with zero attached hydrogens (tertiary/aromatic N) is 2. The van der Waals surface area contributed by atoms with Crippen LogP contribution < -0.4 is 5.32 Å². The molecule has 0 unspecified atom stereocenters. The normalized spacial score (nSPS) is 10.0. The number of carbonyl (C=O) groups excluding carboxylic acids is 1. The first-order valence-corrected chi connectivity index (χ1v) is 5.38. The van der Waals surface area contributed by atoms with Crippen LogP contribution in [0.2, 0.25) is 5.02 Å². The molecule has 1 amide bonds.